The van der Waals surface area contributed by atoms with E-state index in [0.717, 1.165) is 29.8 Å². The molecule has 0 fully saturated rings. The molecular formula is C11H18N2O2S. The van der Waals surface area contributed by atoms with Gasteiger partial charge in [0.1, 0.15) is 4.88 Å². The SMILES string of the molecule is CCCc1nnsc1C(=O)C(C)CCOC. The maximum Gasteiger partial charge on any atom is 0.179 e. The summed E-state index contributed by atoms with van der Waals surface area (Å²) in [5.74, 6) is 0.133. The van der Waals surface area contributed by atoms with Crippen LogP contribution in [0.2, 0.25) is 0 Å². The summed E-state index contributed by atoms with van der Waals surface area (Å²) in [6.07, 6.45) is 2.56. The monoisotopic (exact) mass is 242 g/mol. The number of aromatic nitrogens is 2. The van der Waals surface area contributed by atoms with Crippen molar-refractivity contribution in [2.24, 2.45) is 5.92 Å². The maximum absolute atomic E-state index is 12.1. The minimum absolute atomic E-state index is 0.0159. The fraction of sp³-hybridized carbons (Fsp3) is 0.727. The summed E-state index contributed by atoms with van der Waals surface area (Å²) in [5.41, 5.74) is 0.849. The minimum Gasteiger partial charge on any atom is -0.385 e. The highest BCUT2D eigenvalue weighted by Crippen LogP contribution is 2.19. The van der Waals surface area contributed by atoms with Crippen molar-refractivity contribution in [2.75, 3.05) is 13.7 Å². The molecule has 5 heteroatoms. The van der Waals surface area contributed by atoms with Gasteiger partial charge in [0, 0.05) is 19.6 Å². The first-order valence-corrected chi connectivity index (χ1v) is 6.32. The Kier molecular flexibility index (Phi) is 5.55. The number of carbonyl (C=O) groups excluding carboxylic acids is 1. The summed E-state index contributed by atoms with van der Waals surface area (Å²) < 4.78 is 8.84. The Morgan fingerprint density at radius 3 is 2.94 bits per heavy atom. The van der Waals surface area contributed by atoms with Crippen LogP contribution in [0.15, 0.2) is 0 Å². The Hall–Kier alpha value is -0.810. The van der Waals surface area contributed by atoms with E-state index in [-0.39, 0.29) is 11.7 Å². The average molecular weight is 242 g/mol. The number of nitrogens with zero attached hydrogens (tertiary/aromatic N) is 2. The number of ketones is 1. The second-order valence-electron chi connectivity index (χ2n) is 3.85. The third kappa shape index (κ3) is 3.35. The van der Waals surface area contributed by atoms with Crippen LogP contribution in [0, 0.1) is 5.92 Å². The molecule has 0 aliphatic carbocycles. The number of ether oxygens (including phenoxy) is 1. The average Bonchev–Trinajstić information content (AvgIpc) is 2.73. The molecule has 16 heavy (non-hydrogen) atoms. The predicted octanol–water partition coefficient (Wildman–Crippen LogP) is 2.35. The van der Waals surface area contributed by atoms with Gasteiger partial charge in [0.05, 0.1) is 5.69 Å². The fourth-order valence-corrected chi connectivity index (χ4v) is 2.21. The van der Waals surface area contributed by atoms with E-state index < -0.39 is 0 Å². The van der Waals surface area contributed by atoms with Gasteiger partial charge in [-0.3, -0.25) is 4.79 Å². The van der Waals surface area contributed by atoms with Crippen molar-refractivity contribution >= 4 is 17.3 Å². The fourth-order valence-electron chi connectivity index (χ4n) is 1.45. The van der Waals surface area contributed by atoms with Gasteiger partial charge in [-0.25, -0.2) is 0 Å². The second kappa shape index (κ2) is 6.70. The molecule has 0 amide bonds. The molecule has 0 radical (unpaired) electrons. The van der Waals surface area contributed by atoms with Gasteiger partial charge in [0.15, 0.2) is 5.78 Å². The standard InChI is InChI=1S/C11H18N2O2S/c1-4-5-9-11(16-13-12-9)10(14)8(2)6-7-15-3/h8H,4-7H2,1-3H3. The first-order chi connectivity index (χ1) is 7.70. The molecule has 0 aromatic carbocycles. The molecule has 90 valence electrons. The Morgan fingerprint density at radius 2 is 2.31 bits per heavy atom. The summed E-state index contributed by atoms with van der Waals surface area (Å²) in [6, 6.07) is 0. The van der Waals surface area contributed by atoms with E-state index in [0.29, 0.717) is 6.61 Å². The van der Waals surface area contributed by atoms with Crippen molar-refractivity contribution < 1.29 is 9.53 Å². The minimum atomic E-state index is -0.0159. The normalized spacial score (nSPS) is 12.7. The van der Waals surface area contributed by atoms with Crippen LogP contribution < -0.4 is 0 Å². The van der Waals surface area contributed by atoms with Crippen molar-refractivity contribution in [1.82, 2.24) is 9.59 Å². The van der Waals surface area contributed by atoms with Crippen LogP contribution in [-0.4, -0.2) is 29.1 Å². The molecular weight excluding hydrogens is 224 g/mol. The molecule has 1 rings (SSSR count). The lowest BCUT2D eigenvalue weighted by atomic mass is 10.0. The lowest BCUT2D eigenvalue weighted by molar-refractivity contribution is 0.0896. The molecule has 0 aliphatic heterocycles. The molecule has 1 unspecified atom stereocenters. The summed E-state index contributed by atoms with van der Waals surface area (Å²) in [6.45, 7) is 4.61. The quantitative estimate of drug-likeness (QED) is 0.689. The first kappa shape index (κ1) is 13.3. The number of Topliss-reactive ketones (excluding diaryl/α,β-unsaturated/α-hetero) is 1. The molecule has 1 aromatic heterocycles. The van der Waals surface area contributed by atoms with Crippen LogP contribution in [0.1, 0.15) is 42.1 Å². The smallest absolute Gasteiger partial charge is 0.179 e. The summed E-state index contributed by atoms with van der Waals surface area (Å²) >= 11 is 1.21. The van der Waals surface area contributed by atoms with E-state index in [1.165, 1.54) is 11.5 Å². The molecule has 0 bridgehead atoms. The Labute approximate surface area is 100 Å². The van der Waals surface area contributed by atoms with Crippen LogP contribution in [-0.2, 0) is 11.2 Å². The van der Waals surface area contributed by atoms with E-state index >= 15 is 0 Å². The van der Waals surface area contributed by atoms with E-state index in [4.69, 9.17) is 4.74 Å². The highest BCUT2D eigenvalue weighted by atomic mass is 32.1. The zero-order chi connectivity index (χ0) is 12.0. The molecule has 4 nitrogen and oxygen atoms in total. The Bertz CT molecular complexity index is 338. The van der Waals surface area contributed by atoms with E-state index in [1.807, 2.05) is 6.92 Å². The molecule has 0 aliphatic rings. The molecule has 1 aromatic rings. The van der Waals surface area contributed by atoms with Gasteiger partial charge in [0.2, 0.25) is 0 Å². The maximum atomic E-state index is 12.1. The van der Waals surface area contributed by atoms with Crippen molar-refractivity contribution in [3.63, 3.8) is 0 Å². The van der Waals surface area contributed by atoms with Gasteiger partial charge in [-0.1, -0.05) is 24.8 Å². The van der Waals surface area contributed by atoms with Gasteiger partial charge in [-0.2, -0.15) is 0 Å². The highest BCUT2D eigenvalue weighted by Gasteiger charge is 2.21. The van der Waals surface area contributed by atoms with Crippen molar-refractivity contribution in [3.8, 4) is 0 Å². The summed E-state index contributed by atoms with van der Waals surface area (Å²) in [4.78, 5) is 12.8. The van der Waals surface area contributed by atoms with Crippen LogP contribution in [0.3, 0.4) is 0 Å². The van der Waals surface area contributed by atoms with E-state index in [1.54, 1.807) is 7.11 Å². The number of rotatable bonds is 7. The molecule has 0 saturated heterocycles. The summed E-state index contributed by atoms with van der Waals surface area (Å²) in [7, 11) is 1.65. The zero-order valence-corrected chi connectivity index (χ0v) is 10.8. The number of methoxy groups -OCH3 is 1. The van der Waals surface area contributed by atoms with Gasteiger partial charge < -0.3 is 4.74 Å². The van der Waals surface area contributed by atoms with Gasteiger partial charge >= 0.3 is 0 Å². The summed E-state index contributed by atoms with van der Waals surface area (Å²) in [5, 5.41) is 4.01. The molecule has 0 saturated carbocycles. The van der Waals surface area contributed by atoms with E-state index in [2.05, 4.69) is 16.5 Å². The van der Waals surface area contributed by atoms with E-state index in [9.17, 15) is 4.79 Å². The Morgan fingerprint density at radius 1 is 1.56 bits per heavy atom. The van der Waals surface area contributed by atoms with Gasteiger partial charge in [-0.15, -0.1) is 5.10 Å². The van der Waals surface area contributed by atoms with Crippen LogP contribution in [0.5, 0.6) is 0 Å². The number of aryl methyl sites for hydroxylation is 1. The lowest BCUT2D eigenvalue weighted by Crippen LogP contribution is -2.13. The van der Waals surface area contributed by atoms with Crippen LogP contribution in [0.25, 0.3) is 0 Å². The largest absolute Gasteiger partial charge is 0.385 e. The lowest BCUT2D eigenvalue weighted by Gasteiger charge is -2.08. The van der Waals surface area contributed by atoms with Crippen LogP contribution >= 0.6 is 11.5 Å². The highest BCUT2D eigenvalue weighted by molar-refractivity contribution is 7.08. The first-order valence-electron chi connectivity index (χ1n) is 5.55. The number of hydrogen-bond acceptors (Lipinski definition) is 5. The second-order valence-corrected chi connectivity index (χ2v) is 4.60. The third-order valence-electron chi connectivity index (χ3n) is 2.47. The number of hydrogen-bond donors (Lipinski definition) is 0. The Balaban J connectivity index is 2.67. The number of carbonyl (C=O) groups is 1. The molecule has 1 atom stereocenters. The van der Waals surface area contributed by atoms with Crippen molar-refractivity contribution in [1.29, 1.82) is 0 Å². The molecule has 0 N–H and O–H groups in total. The van der Waals surface area contributed by atoms with Crippen molar-refractivity contribution in [2.45, 2.75) is 33.1 Å². The zero-order valence-electron chi connectivity index (χ0n) is 10.0. The topological polar surface area (TPSA) is 52.1 Å². The molecule has 1 heterocycles. The van der Waals surface area contributed by atoms with Crippen molar-refractivity contribution in [3.05, 3.63) is 10.6 Å². The third-order valence-corrected chi connectivity index (χ3v) is 3.25. The molecule has 0 spiro atoms. The van der Waals surface area contributed by atoms with Gasteiger partial charge in [-0.05, 0) is 24.4 Å². The predicted molar refractivity (Wildman–Crippen MR) is 63.9 cm³/mol. The van der Waals surface area contributed by atoms with Gasteiger partial charge in [0.25, 0.3) is 0 Å². The van der Waals surface area contributed by atoms with Crippen LogP contribution in [0.4, 0.5) is 0 Å².